The second kappa shape index (κ2) is 28.3. The van der Waals surface area contributed by atoms with E-state index in [1.807, 2.05) is 76.2 Å². The number of ether oxygens (including phenoxy) is 2. The number of nitrogens with zero attached hydrogens (tertiary/aromatic N) is 3. The van der Waals surface area contributed by atoms with Crippen molar-refractivity contribution in [1.82, 2.24) is 36.1 Å². The van der Waals surface area contributed by atoms with Crippen molar-refractivity contribution in [1.29, 1.82) is 0 Å². The van der Waals surface area contributed by atoms with E-state index in [4.69, 9.17) is 9.47 Å². The molecule has 1 heterocycles. The van der Waals surface area contributed by atoms with E-state index < -0.39 is 89.4 Å². The van der Waals surface area contributed by atoms with Crippen LogP contribution in [-0.4, -0.2) is 136 Å². The quantitative estimate of drug-likeness (QED) is 0.0223. The van der Waals surface area contributed by atoms with E-state index in [0.29, 0.717) is 12.0 Å². The summed E-state index contributed by atoms with van der Waals surface area (Å²) in [4.78, 5) is 115. The van der Waals surface area contributed by atoms with Gasteiger partial charge in [0, 0.05) is 43.8 Å². The van der Waals surface area contributed by atoms with Crippen molar-refractivity contribution in [2.24, 2.45) is 23.7 Å². The number of phenolic OH excluding ortho intramolecular Hbond substituents is 1. The molecule has 0 unspecified atom stereocenters. The van der Waals surface area contributed by atoms with Crippen LogP contribution in [0.1, 0.15) is 140 Å². The minimum atomic E-state index is -1.15. The summed E-state index contributed by atoms with van der Waals surface area (Å²) in [6, 6.07) is 15.8. The first-order valence-corrected chi connectivity index (χ1v) is 28.4. The molecule has 0 spiro atoms. The smallest absolute Gasteiger partial charge is 0.407 e. The van der Waals surface area contributed by atoms with Crippen molar-refractivity contribution in [3.63, 3.8) is 0 Å². The fourth-order valence-electron chi connectivity index (χ4n) is 9.61. The van der Waals surface area contributed by atoms with Gasteiger partial charge in [-0.3, -0.25) is 38.5 Å². The van der Waals surface area contributed by atoms with Gasteiger partial charge < -0.3 is 51.2 Å². The Morgan fingerprint density at radius 3 is 1.95 bits per heavy atom. The molecule has 0 saturated heterocycles. The zero-order chi connectivity index (χ0) is 60.2. The summed E-state index contributed by atoms with van der Waals surface area (Å²) in [5.74, 6) is -6.50. The normalized spacial score (nSPS) is 15.2. The first-order valence-electron chi connectivity index (χ1n) is 27.5. The predicted octanol–water partition coefficient (Wildman–Crippen LogP) is 7.66. The van der Waals surface area contributed by atoms with Gasteiger partial charge in [-0.05, 0) is 105 Å². The van der Waals surface area contributed by atoms with Crippen molar-refractivity contribution < 1.29 is 58.0 Å². The molecule has 1 aliphatic rings. The number of likely N-dealkylation sites (N-methyl/N-ethyl adjacent to an activating group) is 2. The number of thiazole rings is 1. The molecule has 20 nitrogen and oxygen atoms in total. The number of esters is 1. The predicted molar refractivity (Wildman–Crippen MR) is 309 cm³/mol. The molecule has 0 saturated carbocycles. The molecule has 0 aliphatic heterocycles. The Kier molecular flexibility index (Phi) is 22.5. The van der Waals surface area contributed by atoms with E-state index >= 15 is 0 Å². The summed E-state index contributed by atoms with van der Waals surface area (Å²) in [6.45, 7) is 18.9. The number of carbonyl (C=O) groups is 8. The molecule has 8 atom stereocenters. The number of rotatable bonds is 27. The molecule has 5 rings (SSSR count). The number of alkyl carbamates (subject to hydrolysis) is 1. The lowest BCUT2D eigenvalue weighted by molar-refractivity contribution is -0.149. The molecule has 7 N–H and O–H groups in total. The van der Waals surface area contributed by atoms with Crippen molar-refractivity contribution in [3.05, 3.63) is 99.5 Å². The summed E-state index contributed by atoms with van der Waals surface area (Å²) in [7, 11) is 5.23. The van der Waals surface area contributed by atoms with E-state index in [9.17, 15) is 48.6 Å². The molecular weight excluding hydrogens is 1060 g/mol. The number of aromatic nitrogens is 1. The van der Waals surface area contributed by atoms with Crippen LogP contribution >= 0.6 is 11.3 Å². The minimum Gasteiger partial charge on any atom is -0.506 e. The fourth-order valence-corrected chi connectivity index (χ4v) is 10.4. The number of benzene rings is 3. The Balaban J connectivity index is 1.25. The van der Waals surface area contributed by atoms with Crippen LogP contribution in [0.4, 0.5) is 10.5 Å². The van der Waals surface area contributed by atoms with E-state index in [1.54, 1.807) is 64.7 Å². The van der Waals surface area contributed by atoms with E-state index in [2.05, 4.69) is 31.6 Å². The lowest BCUT2D eigenvalue weighted by Gasteiger charge is -2.38. The summed E-state index contributed by atoms with van der Waals surface area (Å²) in [5.41, 5.74) is 3.75. The van der Waals surface area contributed by atoms with E-state index in [1.165, 1.54) is 38.3 Å². The summed E-state index contributed by atoms with van der Waals surface area (Å²) in [6.07, 6.45) is -1.03. The number of carbonyl (C=O) groups excluding carboxylic acids is 7. The zero-order valence-electron chi connectivity index (χ0n) is 49.0. The molecule has 6 amide bonds. The van der Waals surface area contributed by atoms with Gasteiger partial charge in [-0.25, -0.2) is 9.78 Å². The third-order valence-electron chi connectivity index (χ3n) is 15.4. The van der Waals surface area contributed by atoms with Gasteiger partial charge in [0.05, 0.1) is 17.1 Å². The molecule has 440 valence electrons. The summed E-state index contributed by atoms with van der Waals surface area (Å²) < 4.78 is 11.5. The lowest BCUT2D eigenvalue weighted by Crippen LogP contribution is -2.60. The van der Waals surface area contributed by atoms with Crippen molar-refractivity contribution in [2.75, 3.05) is 33.1 Å². The third kappa shape index (κ3) is 16.6. The number of carboxylic acid groups (broad SMARTS) is 1. The van der Waals surface area contributed by atoms with E-state index in [-0.39, 0.29) is 77.6 Å². The molecular formula is C60H82N8O12S. The van der Waals surface area contributed by atoms with Crippen molar-refractivity contribution >= 4 is 64.6 Å². The van der Waals surface area contributed by atoms with Crippen LogP contribution in [0, 0.1) is 23.7 Å². The average molecular weight is 1140 g/mol. The maximum atomic E-state index is 14.3. The van der Waals surface area contributed by atoms with Gasteiger partial charge in [-0.2, -0.15) is 0 Å². The monoisotopic (exact) mass is 1140 g/mol. The van der Waals surface area contributed by atoms with Crippen molar-refractivity contribution in [2.45, 2.75) is 150 Å². The van der Waals surface area contributed by atoms with Crippen LogP contribution in [0.25, 0.3) is 11.1 Å². The number of phenols is 1. The zero-order valence-corrected chi connectivity index (χ0v) is 49.9. The molecule has 0 radical (unpaired) electrons. The lowest BCUT2D eigenvalue weighted by atomic mass is 9.92. The SMILES string of the molecule is CC[C@H](C)[C@H](NC(=O)C(C)(C)N(C)C)C(=O)N(C)[C@H](C[C@@H](OC(C)=O)c1nc(C(=O)N[C@@H](Cc2ccc(O)c(NC(=O)[C@H](C)NC(=O)[C@@H](NC(=O)OCC3c4ccccc4-c4ccccc43)C(C)C)c2)C[C@H](C)C(=O)O)cs1)C(C)C. The number of aromatic hydroxyl groups is 1. The molecule has 3 aromatic carbocycles. The van der Waals surface area contributed by atoms with Crippen LogP contribution in [0.3, 0.4) is 0 Å². The fraction of sp³-hybridized carbons (Fsp3) is 0.517. The van der Waals surface area contributed by atoms with E-state index in [0.717, 1.165) is 33.6 Å². The highest BCUT2D eigenvalue weighted by Gasteiger charge is 2.39. The first-order chi connectivity index (χ1) is 38.0. The van der Waals surface area contributed by atoms with Crippen molar-refractivity contribution in [3.8, 4) is 16.9 Å². The van der Waals surface area contributed by atoms with Crippen LogP contribution in [0.2, 0.25) is 0 Å². The highest BCUT2D eigenvalue weighted by atomic mass is 32.1. The maximum absolute atomic E-state index is 14.3. The molecule has 1 aliphatic carbocycles. The van der Waals surface area contributed by atoms with Crippen LogP contribution < -0.4 is 26.6 Å². The third-order valence-corrected chi connectivity index (χ3v) is 16.3. The van der Waals surface area contributed by atoms with Gasteiger partial charge in [0.1, 0.15) is 41.2 Å². The first kappa shape index (κ1) is 64.4. The standard InChI is InChI=1S/C60H82N8O12S/c1-15-34(6)51(65-58(77)60(10,11)67(12)13)56(74)68(14)47(32(2)3)29-49(80-37(9)69)55-64-46(31-81-55)53(72)62-39(26-35(7)57(75)76)27-38-24-25-48(70)45(28-38)63-52(71)36(8)61-54(73)50(33(4)5)66-59(78)79-30-44-42-22-18-16-20-40(42)41-21-17-19-23-43(41)44/h16-25,28,31-36,39,44,47,49-51,70H,15,26-27,29-30H2,1-14H3,(H,61,73)(H,62,72)(H,63,71)(H,65,77)(H,66,78)(H,75,76)/t34-,35-,36-,39+,47+,49+,50-,51-/m0/s1. The number of amides is 6. The Labute approximate surface area is 479 Å². The molecule has 4 aromatic rings. The van der Waals surface area contributed by atoms with Gasteiger partial charge >= 0.3 is 18.0 Å². The van der Waals surface area contributed by atoms with Gasteiger partial charge in [-0.15, -0.1) is 11.3 Å². The number of nitrogens with one attached hydrogen (secondary N) is 5. The topological polar surface area (TPSA) is 275 Å². The number of fused-ring (bicyclic) bond motifs is 3. The molecule has 1 aromatic heterocycles. The Hall–Kier alpha value is -7.39. The minimum absolute atomic E-state index is 0.0201. The average Bonchev–Trinajstić information content (AvgIpc) is 4.17. The van der Waals surface area contributed by atoms with Crippen LogP contribution in [0.15, 0.2) is 72.1 Å². The Morgan fingerprint density at radius 1 is 0.778 bits per heavy atom. The van der Waals surface area contributed by atoms with Gasteiger partial charge in [0.15, 0.2) is 6.10 Å². The number of hydrogen-bond donors (Lipinski definition) is 7. The largest absolute Gasteiger partial charge is 0.506 e. The van der Waals surface area contributed by atoms with Crippen LogP contribution in [-0.2, 0) is 44.7 Å². The Bertz CT molecular complexity index is 2860. The van der Waals surface area contributed by atoms with Gasteiger partial charge in [0.25, 0.3) is 5.91 Å². The van der Waals surface area contributed by atoms with Crippen LogP contribution in [0.5, 0.6) is 5.75 Å². The molecule has 0 bridgehead atoms. The maximum Gasteiger partial charge on any atom is 0.407 e. The number of hydrogen-bond acceptors (Lipinski definition) is 14. The molecule has 0 fully saturated rings. The molecule has 21 heteroatoms. The summed E-state index contributed by atoms with van der Waals surface area (Å²) in [5, 5.41) is 36.4. The number of anilines is 1. The number of carboxylic acids is 1. The summed E-state index contributed by atoms with van der Waals surface area (Å²) >= 11 is 1.08. The highest BCUT2D eigenvalue weighted by Crippen LogP contribution is 2.44. The molecule has 81 heavy (non-hydrogen) atoms. The number of aliphatic carboxylic acids is 1. The van der Waals surface area contributed by atoms with Gasteiger partial charge in [0.2, 0.25) is 23.6 Å². The second-order valence-corrected chi connectivity index (χ2v) is 23.5. The second-order valence-electron chi connectivity index (χ2n) is 22.6. The van der Waals surface area contributed by atoms with Gasteiger partial charge in [-0.1, -0.05) is 109 Å². The highest BCUT2D eigenvalue weighted by molar-refractivity contribution is 7.09. The Morgan fingerprint density at radius 2 is 1.40 bits per heavy atom.